The predicted octanol–water partition coefficient (Wildman–Crippen LogP) is 3.55. The summed E-state index contributed by atoms with van der Waals surface area (Å²) in [5.74, 6) is 1.33. The van der Waals surface area contributed by atoms with Crippen LogP contribution < -0.4 is 5.32 Å². The van der Waals surface area contributed by atoms with Crippen molar-refractivity contribution in [3.8, 4) is 0 Å². The van der Waals surface area contributed by atoms with Crippen LogP contribution in [0.3, 0.4) is 0 Å². The molecule has 2 heteroatoms. The van der Waals surface area contributed by atoms with E-state index in [4.69, 9.17) is 0 Å². The first-order valence-corrected chi connectivity index (χ1v) is 7.15. The second kappa shape index (κ2) is 8.60. The van der Waals surface area contributed by atoms with Gasteiger partial charge in [0.1, 0.15) is 0 Å². The van der Waals surface area contributed by atoms with Gasteiger partial charge in [0.05, 0.1) is 0 Å². The summed E-state index contributed by atoms with van der Waals surface area (Å²) in [6.07, 6.45) is 7.70. The minimum absolute atomic E-state index is 0.429. The lowest BCUT2D eigenvalue weighted by Gasteiger charge is -2.18. The van der Waals surface area contributed by atoms with Gasteiger partial charge in [-0.05, 0) is 43.4 Å². The van der Waals surface area contributed by atoms with Crippen molar-refractivity contribution in [2.75, 3.05) is 25.1 Å². The molecule has 0 saturated heterocycles. The fourth-order valence-corrected chi connectivity index (χ4v) is 1.81. The zero-order valence-electron chi connectivity index (χ0n) is 10.4. The van der Waals surface area contributed by atoms with Crippen molar-refractivity contribution in [1.29, 1.82) is 0 Å². The molecule has 0 spiro atoms. The second-order valence-electron chi connectivity index (χ2n) is 5.14. The maximum atomic E-state index is 3.51. The van der Waals surface area contributed by atoms with Crippen LogP contribution in [0.4, 0.5) is 0 Å². The van der Waals surface area contributed by atoms with Crippen molar-refractivity contribution in [2.24, 2.45) is 5.41 Å². The Hall–Kier alpha value is 0.310. The highest BCUT2D eigenvalue weighted by atomic mass is 32.2. The average molecular weight is 217 g/mol. The van der Waals surface area contributed by atoms with Crippen LogP contribution in [-0.2, 0) is 0 Å². The molecule has 86 valence electrons. The summed E-state index contributed by atoms with van der Waals surface area (Å²) < 4.78 is 0. The van der Waals surface area contributed by atoms with Gasteiger partial charge in [-0.2, -0.15) is 11.8 Å². The molecule has 1 nitrogen and oxygen atoms in total. The molecule has 14 heavy (non-hydrogen) atoms. The number of unbranched alkanes of at least 4 members (excludes halogenated alkanes) is 3. The molecule has 0 saturated carbocycles. The van der Waals surface area contributed by atoms with Crippen LogP contribution in [0, 0.1) is 5.41 Å². The Morgan fingerprint density at radius 2 is 1.64 bits per heavy atom. The monoisotopic (exact) mass is 217 g/mol. The molecule has 0 aromatic carbocycles. The number of thioether (sulfide) groups is 1. The van der Waals surface area contributed by atoms with Crippen LogP contribution in [0.2, 0.25) is 0 Å². The number of nitrogens with one attached hydrogen (secondary N) is 1. The fourth-order valence-electron chi connectivity index (χ4n) is 1.31. The molecule has 0 aromatic heterocycles. The van der Waals surface area contributed by atoms with E-state index in [0.717, 1.165) is 6.54 Å². The Labute approximate surface area is 94.4 Å². The molecule has 0 radical (unpaired) electrons. The molecule has 0 aliphatic carbocycles. The summed E-state index contributed by atoms with van der Waals surface area (Å²) in [4.78, 5) is 0. The quantitative estimate of drug-likeness (QED) is 0.624. The van der Waals surface area contributed by atoms with Gasteiger partial charge in [-0.15, -0.1) is 0 Å². The molecule has 0 rings (SSSR count). The van der Waals surface area contributed by atoms with Crippen LogP contribution in [0.25, 0.3) is 0 Å². The minimum atomic E-state index is 0.429. The molecule has 0 unspecified atom stereocenters. The van der Waals surface area contributed by atoms with Crippen LogP contribution in [0.5, 0.6) is 0 Å². The summed E-state index contributed by atoms with van der Waals surface area (Å²) in [5.41, 5.74) is 0.429. The molecule has 0 amide bonds. The van der Waals surface area contributed by atoms with E-state index in [2.05, 4.69) is 32.3 Å². The minimum Gasteiger partial charge on any atom is -0.316 e. The molecule has 0 aromatic rings. The summed E-state index contributed by atoms with van der Waals surface area (Å²) in [7, 11) is 0. The molecule has 0 heterocycles. The first-order chi connectivity index (χ1) is 6.56. The number of hydrogen-bond donors (Lipinski definition) is 1. The van der Waals surface area contributed by atoms with Crippen LogP contribution in [0.1, 0.15) is 46.5 Å². The number of rotatable bonds is 8. The van der Waals surface area contributed by atoms with Gasteiger partial charge in [-0.3, -0.25) is 0 Å². The van der Waals surface area contributed by atoms with E-state index in [9.17, 15) is 0 Å². The third kappa shape index (κ3) is 12.3. The van der Waals surface area contributed by atoms with Crippen molar-refractivity contribution < 1.29 is 0 Å². The normalized spacial score (nSPS) is 12.0. The fraction of sp³-hybridized carbons (Fsp3) is 1.00. The molecule has 0 fully saturated rings. The van der Waals surface area contributed by atoms with Gasteiger partial charge in [-0.1, -0.05) is 33.6 Å². The van der Waals surface area contributed by atoms with Crippen molar-refractivity contribution in [2.45, 2.75) is 46.5 Å². The lowest BCUT2D eigenvalue weighted by atomic mass is 9.97. The maximum Gasteiger partial charge on any atom is -0.0000126 e. The maximum absolute atomic E-state index is 3.51. The van der Waals surface area contributed by atoms with Gasteiger partial charge in [-0.25, -0.2) is 0 Å². The van der Waals surface area contributed by atoms with Crippen LogP contribution in [0.15, 0.2) is 0 Å². The summed E-state index contributed by atoms with van der Waals surface area (Å²) in [6.45, 7) is 9.16. The molecule has 0 aliphatic heterocycles. The highest BCUT2D eigenvalue weighted by molar-refractivity contribution is 7.98. The van der Waals surface area contributed by atoms with Gasteiger partial charge < -0.3 is 5.32 Å². The largest absolute Gasteiger partial charge is 0.316 e. The third-order valence-electron chi connectivity index (χ3n) is 2.11. The van der Waals surface area contributed by atoms with Crippen molar-refractivity contribution in [3.63, 3.8) is 0 Å². The zero-order chi connectivity index (χ0) is 10.9. The van der Waals surface area contributed by atoms with E-state index in [1.807, 2.05) is 11.8 Å². The Morgan fingerprint density at radius 3 is 2.21 bits per heavy atom. The molecular weight excluding hydrogens is 190 g/mol. The predicted molar refractivity (Wildman–Crippen MR) is 69.2 cm³/mol. The van der Waals surface area contributed by atoms with E-state index in [1.54, 1.807) is 0 Å². The van der Waals surface area contributed by atoms with Gasteiger partial charge in [0, 0.05) is 0 Å². The average Bonchev–Trinajstić information content (AvgIpc) is 2.08. The Morgan fingerprint density at radius 1 is 1.00 bits per heavy atom. The van der Waals surface area contributed by atoms with Crippen molar-refractivity contribution >= 4 is 11.8 Å². The zero-order valence-corrected chi connectivity index (χ0v) is 11.2. The molecule has 1 N–H and O–H groups in total. The van der Waals surface area contributed by atoms with Gasteiger partial charge in [0.2, 0.25) is 0 Å². The highest BCUT2D eigenvalue weighted by Gasteiger charge is 2.07. The molecule has 0 aliphatic rings. The standard InChI is InChI=1S/C12H27NS/c1-12(2,3)11-13-9-7-5-6-8-10-14-4/h13H,5-11H2,1-4H3. The highest BCUT2D eigenvalue weighted by Crippen LogP contribution is 2.10. The van der Waals surface area contributed by atoms with E-state index < -0.39 is 0 Å². The Bertz CT molecular complexity index is 118. The Balaban J connectivity index is 2.99. The Kier molecular flexibility index (Phi) is 8.80. The lowest BCUT2D eigenvalue weighted by Crippen LogP contribution is -2.27. The van der Waals surface area contributed by atoms with Crippen molar-refractivity contribution in [1.82, 2.24) is 5.32 Å². The molecule has 0 bridgehead atoms. The summed E-state index contributed by atoms with van der Waals surface area (Å²) >= 11 is 1.96. The third-order valence-corrected chi connectivity index (χ3v) is 2.80. The molecular formula is C12H27NS. The van der Waals surface area contributed by atoms with Gasteiger partial charge >= 0.3 is 0 Å². The summed E-state index contributed by atoms with van der Waals surface area (Å²) in [5, 5.41) is 3.51. The van der Waals surface area contributed by atoms with Gasteiger partial charge in [0.25, 0.3) is 0 Å². The van der Waals surface area contributed by atoms with E-state index in [-0.39, 0.29) is 0 Å². The first kappa shape index (κ1) is 14.3. The SMILES string of the molecule is CSCCCCCCNCC(C)(C)C. The van der Waals surface area contributed by atoms with Gasteiger partial charge in [0.15, 0.2) is 0 Å². The lowest BCUT2D eigenvalue weighted by molar-refractivity contribution is 0.377. The van der Waals surface area contributed by atoms with E-state index in [1.165, 1.54) is 38.0 Å². The van der Waals surface area contributed by atoms with Crippen molar-refractivity contribution in [3.05, 3.63) is 0 Å². The number of hydrogen-bond acceptors (Lipinski definition) is 2. The van der Waals surface area contributed by atoms with E-state index in [0.29, 0.717) is 5.41 Å². The second-order valence-corrected chi connectivity index (χ2v) is 6.13. The smallest absolute Gasteiger partial charge is 0.0000126 e. The summed E-state index contributed by atoms with van der Waals surface area (Å²) in [6, 6.07) is 0. The topological polar surface area (TPSA) is 12.0 Å². The first-order valence-electron chi connectivity index (χ1n) is 5.76. The van der Waals surface area contributed by atoms with E-state index >= 15 is 0 Å². The van der Waals surface area contributed by atoms with Crippen LogP contribution >= 0.6 is 11.8 Å². The van der Waals surface area contributed by atoms with Crippen LogP contribution in [-0.4, -0.2) is 25.1 Å². The molecule has 0 atom stereocenters.